The molecule has 0 saturated heterocycles. The van der Waals surface area contributed by atoms with Gasteiger partial charge in [-0.05, 0) is 31.5 Å². The molecular formula is C13H16ClN3. The molecule has 0 amide bonds. The van der Waals surface area contributed by atoms with Gasteiger partial charge in [0.15, 0.2) is 0 Å². The van der Waals surface area contributed by atoms with Crippen molar-refractivity contribution in [3.8, 4) is 0 Å². The Hall–Kier alpha value is -1.32. The van der Waals surface area contributed by atoms with E-state index in [1.54, 1.807) is 0 Å². The summed E-state index contributed by atoms with van der Waals surface area (Å²) in [6.07, 6.45) is 1.84. The van der Waals surface area contributed by atoms with Crippen LogP contribution in [0.15, 0.2) is 30.5 Å². The zero-order chi connectivity index (χ0) is 12.4. The molecule has 1 heterocycles. The molecule has 2 rings (SSSR count). The van der Waals surface area contributed by atoms with E-state index in [9.17, 15) is 0 Å². The maximum Gasteiger partial charge on any atom is 0.0663 e. The zero-order valence-electron chi connectivity index (χ0n) is 10.0. The highest BCUT2D eigenvalue weighted by Gasteiger charge is 2.09. The Bertz CT molecular complexity index is 517. The van der Waals surface area contributed by atoms with Crippen LogP contribution in [0, 0.1) is 6.92 Å². The van der Waals surface area contributed by atoms with E-state index < -0.39 is 0 Å². The smallest absolute Gasteiger partial charge is 0.0663 e. The number of rotatable bonds is 3. The van der Waals surface area contributed by atoms with E-state index in [2.05, 4.69) is 5.10 Å². The van der Waals surface area contributed by atoms with Gasteiger partial charge in [0, 0.05) is 22.3 Å². The molecule has 0 spiro atoms. The summed E-state index contributed by atoms with van der Waals surface area (Å²) in [6, 6.07) is 7.83. The second-order valence-electron chi connectivity index (χ2n) is 4.26. The van der Waals surface area contributed by atoms with E-state index in [1.165, 1.54) is 0 Å². The molecule has 4 heteroatoms. The van der Waals surface area contributed by atoms with Gasteiger partial charge in [-0.3, -0.25) is 4.68 Å². The molecule has 0 bridgehead atoms. The molecule has 2 N–H and O–H groups in total. The van der Waals surface area contributed by atoms with E-state index in [4.69, 9.17) is 17.3 Å². The highest BCUT2D eigenvalue weighted by molar-refractivity contribution is 6.30. The number of benzene rings is 1. The summed E-state index contributed by atoms with van der Waals surface area (Å²) in [5, 5.41) is 5.11. The monoisotopic (exact) mass is 249 g/mol. The first-order valence-corrected chi connectivity index (χ1v) is 5.98. The summed E-state index contributed by atoms with van der Waals surface area (Å²) in [4.78, 5) is 0. The Balaban J connectivity index is 2.25. The average molecular weight is 250 g/mol. The van der Waals surface area contributed by atoms with E-state index >= 15 is 0 Å². The van der Waals surface area contributed by atoms with Crippen LogP contribution in [0.25, 0.3) is 0 Å². The fraction of sp³-hybridized carbons (Fsp3) is 0.308. The maximum absolute atomic E-state index is 5.96. The zero-order valence-corrected chi connectivity index (χ0v) is 10.8. The quantitative estimate of drug-likeness (QED) is 0.909. The van der Waals surface area contributed by atoms with Gasteiger partial charge < -0.3 is 5.73 Å². The van der Waals surface area contributed by atoms with Crippen LogP contribution in [0.4, 0.5) is 0 Å². The molecule has 1 aromatic carbocycles. The van der Waals surface area contributed by atoms with Crippen LogP contribution in [0.2, 0.25) is 5.02 Å². The molecule has 0 aliphatic carbocycles. The van der Waals surface area contributed by atoms with Crippen molar-refractivity contribution in [3.05, 3.63) is 52.3 Å². The highest BCUT2D eigenvalue weighted by atomic mass is 35.5. The SMILES string of the molecule is Cc1c(C(C)N)cnn1Cc1cccc(Cl)c1. The lowest BCUT2D eigenvalue weighted by molar-refractivity contribution is 0.660. The minimum absolute atomic E-state index is 0.0168. The number of halogens is 1. The molecule has 0 fully saturated rings. The first-order chi connectivity index (χ1) is 8.08. The molecule has 17 heavy (non-hydrogen) atoms. The molecule has 0 aliphatic rings. The van der Waals surface area contributed by atoms with Gasteiger partial charge in [0.1, 0.15) is 0 Å². The van der Waals surface area contributed by atoms with Gasteiger partial charge in [0.25, 0.3) is 0 Å². The molecule has 0 aliphatic heterocycles. The molecular weight excluding hydrogens is 234 g/mol. The molecule has 1 aromatic heterocycles. The summed E-state index contributed by atoms with van der Waals surface area (Å²) in [5.74, 6) is 0. The minimum atomic E-state index is 0.0168. The Labute approximate surface area is 106 Å². The van der Waals surface area contributed by atoms with Crippen molar-refractivity contribution in [1.29, 1.82) is 0 Å². The van der Waals surface area contributed by atoms with Gasteiger partial charge in [-0.15, -0.1) is 0 Å². The fourth-order valence-electron chi connectivity index (χ4n) is 1.88. The molecule has 0 radical (unpaired) electrons. The average Bonchev–Trinajstić information content (AvgIpc) is 2.61. The number of hydrogen-bond donors (Lipinski definition) is 1. The predicted molar refractivity (Wildman–Crippen MR) is 70.1 cm³/mol. The maximum atomic E-state index is 5.96. The van der Waals surface area contributed by atoms with Crippen molar-refractivity contribution in [1.82, 2.24) is 9.78 Å². The normalized spacial score (nSPS) is 12.7. The molecule has 2 aromatic rings. The minimum Gasteiger partial charge on any atom is -0.324 e. The van der Waals surface area contributed by atoms with Crippen molar-refractivity contribution in [2.75, 3.05) is 0 Å². The topological polar surface area (TPSA) is 43.8 Å². The molecule has 90 valence electrons. The van der Waals surface area contributed by atoms with Crippen LogP contribution in [0.5, 0.6) is 0 Å². The first-order valence-electron chi connectivity index (χ1n) is 5.60. The lowest BCUT2D eigenvalue weighted by Gasteiger charge is -2.07. The second kappa shape index (κ2) is 4.90. The lowest BCUT2D eigenvalue weighted by atomic mass is 10.1. The van der Waals surface area contributed by atoms with E-state index in [1.807, 2.05) is 49.0 Å². The van der Waals surface area contributed by atoms with Crippen LogP contribution < -0.4 is 5.73 Å². The van der Waals surface area contributed by atoms with Crippen LogP contribution >= 0.6 is 11.6 Å². The van der Waals surface area contributed by atoms with Gasteiger partial charge >= 0.3 is 0 Å². The summed E-state index contributed by atoms with van der Waals surface area (Å²) in [7, 11) is 0. The van der Waals surface area contributed by atoms with E-state index in [0.29, 0.717) is 0 Å². The molecule has 1 unspecified atom stereocenters. The number of nitrogens with two attached hydrogens (primary N) is 1. The summed E-state index contributed by atoms with van der Waals surface area (Å²) >= 11 is 5.96. The van der Waals surface area contributed by atoms with Crippen molar-refractivity contribution >= 4 is 11.6 Å². The van der Waals surface area contributed by atoms with Crippen LogP contribution in [0.1, 0.15) is 29.8 Å². The summed E-state index contributed by atoms with van der Waals surface area (Å²) < 4.78 is 1.95. The molecule has 3 nitrogen and oxygen atoms in total. The third-order valence-corrected chi connectivity index (χ3v) is 3.09. The lowest BCUT2D eigenvalue weighted by Crippen LogP contribution is -2.08. The number of hydrogen-bond acceptors (Lipinski definition) is 2. The Kier molecular flexibility index (Phi) is 3.50. The first kappa shape index (κ1) is 12.1. The van der Waals surface area contributed by atoms with Crippen LogP contribution in [0.3, 0.4) is 0 Å². The van der Waals surface area contributed by atoms with Gasteiger partial charge in [0.2, 0.25) is 0 Å². The summed E-state index contributed by atoms with van der Waals surface area (Å²) in [5.41, 5.74) is 9.21. The fourth-order valence-corrected chi connectivity index (χ4v) is 2.09. The van der Waals surface area contributed by atoms with Crippen molar-refractivity contribution in [3.63, 3.8) is 0 Å². The van der Waals surface area contributed by atoms with E-state index in [0.717, 1.165) is 28.4 Å². The second-order valence-corrected chi connectivity index (χ2v) is 4.70. The summed E-state index contributed by atoms with van der Waals surface area (Å²) in [6.45, 7) is 4.73. The Morgan fingerprint density at radius 2 is 2.24 bits per heavy atom. The van der Waals surface area contributed by atoms with Gasteiger partial charge in [-0.2, -0.15) is 5.10 Å². The van der Waals surface area contributed by atoms with Gasteiger partial charge in [0.05, 0.1) is 12.7 Å². The van der Waals surface area contributed by atoms with E-state index in [-0.39, 0.29) is 6.04 Å². The standard InChI is InChI=1S/C13H16ClN3/c1-9(15)13-7-16-17(10(13)2)8-11-4-3-5-12(14)6-11/h3-7,9H,8,15H2,1-2H3. The van der Waals surface area contributed by atoms with Gasteiger partial charge in [-0.1, -0.05) is 23.7 Å². The van der Waals surface area contributed by atoms with Crippen molar-refractivity contribution in [2.45, 2.75) is 26.4 Å². The number of nitrogens with zero attached hydrogens (tertiary/aromatic N) is 2. The largest absolute Gasteiger partial charge is 0.324 e. The van der Waals surface area contributed by atoms with Crippen LogP contribution in [-0.2, 0) is 6.54 Å². The highest BCUT2D eigenvalue weighted by Crippen LogP contribution is 2.17. The number of aromatic nitrogens is 2. The van der Waals surface area contributed by atoms with Crippen molar-refractivity contribution in [2.24, 2.45) is 5.73 Å². The van der Waals surface area contributed by atoms with Crippen LogP contribution in [-0.4, -0.2) is 9.78 Å². The Morgan fingerprint density at radius 1 is 1.47 bits per heavy atom. The third-order valence-electron chi connectivity index (χ3n) is 2.85. The molecule has 0 saturated carbocycles. The van der Waals surface area contributed by atoms with Crippen molar-refractivity contribution < 1.29 is 0 Å². The predicted octanol–water partition coefficient (Wildman–Crippen LogP) is 2.91. The van der Waals surface area contributed by atoms with Gasteiger partial charge in [-0.25, -0.2) is 0 Å². The molecule has 1 atom stereocenters. The Morgan fingerprint density at radius 3 is 2.82 bits per heavy atom. The third kappa shape index (κ3) is 2.68.